The number of hydrogen-bond acceptors (Lipinski definition) is 20. The Morgan fingerprint density at radius 1 is 0.455 bits per heavy atom. The SMILES string of the molecule is C[C@H](NC(=O)[C@H](CO)NC(=O)[C@H](CCCCN)NC(=O)[C@H](CCCN=C(N)N)NC(=O)C(C)(C)NC(=O)CNC(=O)[C@@H](NC(=O)[C@H](Cc1ccccc1)NC(=O)CNC(=O)CNC(=O)[C@@H](N)Cc1ccccc1)[C@@H](C)O)C(=O)N[C@@H](CCCN=C(N)N)C(=O)N[C@@H](CCCCN)C(N)=O. The first kappa shape index (κ1) is 85.0. The fraction of sp³-hybridized carbons (Fsp3) is 0.565. The Hall–Kier alpha value is -10.1. The number of benzene rings is 2. The summed E-state index contributed by atoms with van der Waals surface area (Å²) in [5, 5.41) is 50.3. The van der Waals surface area contributed by atoms with Crippen LogP contribution in [0.4, 0.5) is 0 Å². The van der Waals surface area contributed by atoms with Crippen LogP contribution in [0.5, 0.6) is 0 Å². The maximum Gasteiger partial charge on any atom is 0.245 e. The first-order valence-corrected chi connectivity index (χ1v) is 32.3. The first-order valence-electron chi connectivity index (χ1n) is 32.3. The van der Waals surface area contributed by atoms with Crippen molar-refractivity contribution in [3.8, 4) is 0 Å². The Morgan fingerprint density at radius 3 is 1.37 bits per heavy atom. The van der Waals surface area contributed by atoms with Crippen LogP contribution in [0.2, 0.25) is 0 Å². The molecule has 0 saturated carbocycles. The zero-order valence-electron chi connectivity index (χ0n) is 56.4. The largest absolute Gasteiger partial charge is 0.394 e. The number of unbranched alkanes of at least 4 members (excludes halogenated alkanes) is 2. The minimum atomic E-state index is -1.86. The van der Waals surface area contributed by atoms with E-state index in [0.717, 1.165) is 5.56 Å². The van der Waals surface area contributed by atoms with Crippen LogP contribution in [0.15, 0.2) is 70.6 Å². The second-order valence-corrected chi connectivity index (χ2v) is 23.8. The Bertz CT molecular complexity index is 3040. The molecule has 37 heteroatoms. The van der Waals surface area contributed by atoms with E-state index in [1.807, 2.05) is 6.07 Å². The summed E-state index contributed by atoms with van der Waals surface area (Å²) in [6.45, 7) is 2.48. The summed E-state index contributed by atoms with van der Waals surface area (Å²) >= 11 is 0. The number of nitrogens with two attached hydrogens (primary N) is 8. The fourth-order valence-electron chi connectivity index (χ4n) is 9.30. The average molecular weight is 1400 g/mol. The lowest BCUT2D eigenvalue weighted by Gasteiger charge is -2.29. The molecule has 0 fully saturated rings. The number of aliphatic hydroxyl groups excluding tert-OH is 2. The van der Waals surface area contributed by atoms with E-state index in [9.17, 15) is 72.5 Å². The second kappa shape index (κ2) is 45.4. The van der Waals surface area contributed by atoms with E-state index >= 15 is 0 Å². The van der Waals surface area contributed by atoms with Crippen LogP contribution in [-0.4, -0.2) is 217 Å². The highest BCUT2D eigenvalue weighted by Crippen LogP contribution is 2.11. The number of primary amides is 1. The molecule has 0 spiro atoms. The molecule has 0 bridgehead atoms. The molecule has 2 aromatic rings. The van der Waals surface area contributed by atoms with Crippen molar-refractivity contribution in [2.75, 3.05) is 52.4 Å². The summed E-state index contributed by atoms with van der Waals surface area (Å²) in [5.41, 5.74) is 44.2. The maximum absolute atomic E-state index is 14.2. The molecule has 37 nitrogen and oxygen atoms in total. The lowest BCUT2D eigenvalue weighted by Crippen LogP contribution is -2.62. The van der Waals surface area contributed by atoms with Crippen molar-refractivity contribution in [2.45, 2.75) is 171 Å². The molecule has 2 rings (SSSR count). The number of guanidine groups is 2. The number of nitrogens with zero attached hydrogens (tertiary/aromatic N) is 2. The minimum absolute atomic E-state index is 0.0311. The normalized spacial score (nSPS) is 14.0. The van der Waals surface area contributed by atoms with Gasteiger partial charge in [-0.05, 0) is 123 Å². The fourth-order valence-corrected chi connectivity index (χ4v) is 9.30. The van der Waals surface area contributed by atoms with Gasteiger partial charge in [-0.15, -0.1) is 0 Å². The van der Waals surface area contributed by atoms with Crippen molar-refractivity contribution in [1.82, 2.24) is 63.8 Å². The Kier molecular flexibility index (Phi) is 39.0. The van der Waals surface area contributed by atoms with Gasteiger partial charge < -0.3 is 120 Å². The highest BCUT2D eigenvalue weighted by Gasteiger charge is 2.37. The quantitative estimate of drug-likeness (QED) is 0.0166. The van der Waals surface area contributed by atoms with Crippen LogP contribution in [0.25, 0.3) is 0 Å². The molecule has 99 heavy (non-hydrogen) atoms. The summed E-state index contributed by atoms with van der Waals surface area (Å²) in [4.78, 5) is 182. The van der Waals surface area contributed by atoms with Crippen LogP contribution >= 0.6 is 0 Å². The molecule has 0 radical (unpaired) electrons. The topological polar surface area (TPSA) is 640 Å². The first-order chi connectivity index (χ1) is 46.8. The van der Waals surface area contributed by atoms with E-state index in [1.165, 1.54) is 27.7 Å². The summed E-state index contributed by atoms with van der Waals surface area (Å²) in [6.07, 6.45) is 0.195. The van der Waals surface area contributed by atoms with Crippen LogP contribution in [-0.2, 0) is 75.2 Å². The minimum Gasteiger partial charge on any atom is -0.394 e. The van der Waals surface area contributed by atoms with Crippen molar-refractivity contribution in [1.29, 1.82) is 0 Å². The molecule has 30 N–H and O–H groups in total. The van der Waals surface area contributed by atoms with Gasteiger partial charge in [-0.1, -0.05) is 60.7 Å². The van der Waals surface area contributed by atoms with E-state index in [2.05, 4.69) is 73.8 Å². The lowest BCUT2D eigenvalue weighted by molar-refractivity contribution is -0.137. The van der Waals surface area contributed by atoms with Crippen molar-refractivity contribution in [2.24, 2.45) is 55.9 Å². The summed E-state index contributed by atoms with van der Waals surface area (Å²) in [5.74, 6) is -12.2. The van der Waals surface area contributed by atoms with Gasteiger partial charge in [-0.25, -0.2) is 0 Å². The number of aliphatic imine (C=N–C) groups is 2. The standard InChI is InChI=1S/C62H102N22O15/c1-35(51(91)79-42(23-15-27-71-60(67)68)53(93)78-40(50(66)90)21-11-13-25-63)76-57(97)45(34-85)81-54(94)41(22-12-14-26-64)80-55(95)43(24-16-28-72-61(69)70)82-59(99)62(3,4)84-48(89)33-75-58(98)49(36(2)86)83-56(96)44(30-38-19-9-6-10-20-38)77-47(88)32-73-46(87)31-74-52(92)39(65)29-37-17-7-5-8-18-37/h5-10,17-20,35-36,39-45,49,85-86H,11-16,21-34,63-65H2,1-4H3,(H2,66,90)(H,73,87)(H,74,92)(H,75,98)(H,76,97)(H,77,88)(H,78,93)(H,79,91)(H,80,95)(H,81,94)(H,82,99)(H,83,96)(H,84,89)(H4,67,68,71)(H4,69,70,72)/t35-,36+,39-,40-,41-,42-,43-,44-,45-,49-/m0/s1. The number of amides is 13. The molecule has 0 heterocycles. The molecule has 13 amide bonds. The molecule has 0 aliphatic carbocycles. The summed E-state index contributed by atoms with van der Waals surface area (Å²) < 4.78 is 0. The number of carbonyl (C=O) groups is 13. The maximum atomic E-state index is 14.2. The monoisotopic (exact) mass is 1390 g/mol. The van der Waals surface area contributed by atoms with Gasteiger partial charge >= 0.3 is 0 Å². The second-order valence-electron chi connectivity index (χ2n) is 23.8. The number of hydrogen-bond donors (Lipinski definition) is 22. The van der Waals surface area contributed by atoms with Gasteiger partial charge in [-0.3, -0.25) is 72.3 Å². The van der Waals surface area contributed by atoms with E-state index in [-0.39, 0.29) is 89.3 Å². The Balaban J connectivity index is 2.21. The molecule has 0 aliphatic rings. The van der Waals surface area contributed by atoms with E-state index in [1.54, 1.807) is 54.6 Å². The molecule has 2 aromatic carbocycles. The zero-order chi connectivity index (χ0) is 74.2. The highest BCUT2D eigenvalue weighted by molar-refractivity contribution is 5.99. The van der Waals surface area contributed by atoms with Gasteiger partial charge in [0.25, 0.3) is 0 Å². The molecular formula is C62H102N22O15. The van der Waals surface area contributed by atoms with Gasteiger partial charge in [0.1, 0.15) is 53.9 Å². The predicted octanol–water partition coefficient (Wildman–Crippen LogP) is -8.84. The third-order valence-electron chi connectivity index (χ3n) is 14.8. The summed E-state index contributed by atoms with van der Waals surface area (Å²) in [6, 6.07) is 4.79. The van der Waals surface area contributed by atoms with Crippen LogP contribution in [0.1, 0.15) is 103 Å². The van der Waals surface area contributed by atoms with Gasteiger partial charge in [0.2, 0.25) is 76.8 Å². The molecule has 0 aromatic heterocycles. The third kappa shape index (κ3) is 34.1. The van der Waals surface area contributed by atoms with Gasteiger partial charge in [0.15, 0.2) is 11.9 Å². The van der Waals surface area contributed by atoms with Gasteiger partial charge in [0.05, 0.1) is 38.4 Å². The number of aliphatic hydroxyl groups is 2. The molecular weight excluding hydrogens is 1290 g/mol. The molecule has 0 aliphatic heterocycles. The predicted molar refractivity (Wildman–Crippen MR) is 364 cm³/mol. The van der Waals surface area contributed by atoms with Crippen molar-refractivity contribution in [3.63, 3.8) is 0 Å². The van der Waals surface area contributed by atoms with E-state index < -0.39 is 169 Å². The smallest absolute Gasteiger partial charge is 0.245 e. The van der Waals surface area contributed by atoms with Crippen LogP contribution in [0.3, 0.4) is 0 Å². The molecule has 0 saturated heterocycles. The summed E-state index contributed by atoms with van der Waals surface area (Å²) in [7, 11) is 0. The van der Waals surface area contributed by atoms with Crippen molar-refractivity contribution >= 4 is 88.7 Å². The van der Waals surface area contributed by atoms with Crippen molar-refractivity contribution < 1.29 is 72.5 Å². The Labute approximate surface area is 574 Å². The van der Waals surface area contributed by atoms with Crippen LogP contribution < -0.4 is 110 Å². The van der Waals surface area contributed by atoms with Gasteiger partial charge in [-0.2, -0.15) is 0 Å². The number of rotatable bonds is 47. The molecule has 550 valence electrons. The Morgan fingerprint density at radius 2 is 0.879 bits per heavy atom. The third-order valence-corrected chi connectivity index (χ3v) is 14.8. The van der Waals surface area contributed by atoms with Gasteiger partial charge in [0, 0.05) is 19.5 Å². The van der Waals surface area contributed by atoms with E-state index in [4.69, 9.17) is 45.9 Å². The van der Waals surface area contributed by atoms with E-state index in [0.29, 0.717) is 31.4 Å². The lowest BCUT2D eigenvalue weighted by atomic mass is 10.0. The number of nitrogens with one attached hydrogen (secondary N) is 12. The van der Waals surface area contributed by atoms with Crippen LogP contribution in [0, 0.1) is 0 Å². The molecule has 0 unspecified atom stereocenters. The zero-order valence-corrected chi connectivity index (χ0v) is 56.4. The molecule has 10 atom stereocenters. The number of carbonyl (C=O) groups excluding carboxylic acids is 13. The highest BCUT2D eigenvalue weighted by atomic mass is 16.3. The van der Waals surface area contributed by atoms with Crippen molar-refractivity contribution in [3.05, 3.63) is 71.8 Å². The average Bonchev–Trinajstić information content (AvgIpc) is 0.871.